The number of hydrogen-bond donors (Lipinski definition) is 3. The molecule has 0 aliphatic rings. The summed E-state index contributed by atoms with van der Waals surface area (Å²) in [5.74, 6) is -2.16. The molecule has 0 aromatic carbocycles. The molecule has 19 heteroatoms. The fraction of sp³-hybridized carbons (Fsp3) is 0.929. The number of phosphoric acid groups is 2. The van der Waals surface area contributed by atoms with Gasteiger partial charge >= 0.3 is 39.5 Å². The molecule has 0 aromatic rings. The topological polar surface area (TPSA) is 237 Å². The molecule has 0 saturated heterocycles. The van der Waals surface area contributed by atoms with Crippen molar-refractivity contribution in [1.29, 1.82) is 0 Å². The van der Waals surface area contributed by atoms with Crippen LogP contribution >= 0.6 is 15.6 Å². The average molecular weight is 1120 g/mol. The molecule has 0 radical (unpaired) electrons. The molecule has 0 aliphatic heterocycles. The predicted octanol–water partition coefficient (Wildman–Crippen LogP) is 14.8. The van der Waals surface area contributed by atoms with E-state index < -0.39 is 97.5 Å². The third-order valence-electron chi connectivity index (χ3n) is 12.9. The number of carbonyl (C=O) groups excluding carboxylic acids is 4. The van der Waals surface area contributed by atoms with Crippen molar-refractivity contribution in [2.24, 2.45) is 0 Å². The minimum absolute atomic E-state index is 0.106. The number of aliphatic hydroxyl groups is 1. The molecule has 2 unspecified atom stereocenters. The third-order valence-corrected chi connectivity index (χ3v) is 14.8. The van der Waals surface area contributed by atoms with Gasteiger partial charge in [-0.3, -0.25) is 37.3 Å². The van der Waals surface area contributed by atoms with Gasteiger partial charge in [0.1, 0.15) is 19.3 Å². The summed E-state index contributed by atoms with van der Waals surface area (Å²) in [7, 11) is -9.86. The number of aliphatic hydroxyl groups excluding tert-OH is 1. The lowest BCUT2D eigenvalue weighted by Gasteiger charge is -2.21. The second kappa shape index (κ2) is 51.5. The number of esters is 4. The van der Waals surface area contributed by atoms with E-state index in [2.05, 4.69) is 27.7 Å². The summed E-state index contributed by atoms with van der Waals surface area (Å²) in [6, 6.07) is 0. The monoisotopic (exact) mass is 1110 g/mol. The minimum Gasteiger partial charge on any atom is -0.462 e. The van der Waals surface area contributed by atoms with Gasteiger partial charge in [-0.1, -0.05) is 227 Å². The van der Waals surface area contributed by atoms with Crippen LogP contribution in [-0.2, 0) is 65.4 Å². The van der Waals surface area contributed by atoms with Crippen molar-refractivity contribution in [3.05, 3.63) is 0 Å². The Morgan fingerprint density at radius 2 is 0.533 bits per heavy atom. The number of hydrogen-bond acceptors (Lipinski definition) is 15. The second-order valence-corrected chi connectivity index (χ2v) is 23.2. The highest BCUT2D eigenvalue weighted by molar-refractivity contribution is 7.47. The molecule has 0 amide bonds. The van der Waals surface area contributed by atoms with Crippen molar-refractivity contribution in [3.8, 4) is 0 Å². The van der Waals surface area contributed by atoms with Gasteiger partial charge in [0, 0.05) is 25.7 Å². The highest BCUT2D eigenvalue weighted by Gasteiger charge is 2.30. The lowest BCUT2D eigenvalue weighted by molar-refractivity contribution is -0.161. The molecule has 75 heavy (non-hydrogen) atoms. The van der Waals surface area contributed by atoms with E-state index in [0.29, 0.717) is 25.7 Å². The van der Waals surface area contributed by atoms with Crippen LogP contribution in [-0.4, -0.2) is 96.7 Å². The molecular weight excluding hydrogens is 1010 g/mol. The normalized spacial score (nSPS) is 14.4. The molecule has 0 fully saturated rings. The molecule has 444 valence electrons. The zero-order valence-electron chi connectivity index (χ0n) is 47.5. The van der Waals surface area contributed by atoms with E-state index in [4.69, 9.17) is 37.0 Å². The number of carbonyl (C=O) groups is 4. The Hall–Kier alpha value is -1.94. The van der Waals surface area contributed by atoms with Crippen LogP contribution < -0.4 is 0 Å². The molecule has 0 rings (SSSR count). The van der Waals surface area contributed by atoms with E-state index in [1.165, 1.54) is 103 Å². The van der Waals surface area contributed by atoms with Gasteiger partial charge in [-0.2, -0.15) is 0 Å². The Balaban J connectivity index is 5.15. The number of ether oxygens (including phenoxy) is 4. The summed E-state index contributed by atoms with van der Waals surface area (Å²) < 4.78 is 67.4. The van der Waals surface area contributed by atoms with E-state index in [-0.39, 0.29) is 25.7 Å². The first-order valence-electron chi connectivity index (χ1n) is 29.8. The van der Waals surface area contributed by atoms with Gasteiger partial charge in [-0.25, -0.2) is 9.13 Å². The van der Waals surface area contributed by atoms with Crippen molar-refractivity contribution in [2.75, 3.05) is 39.6 Å². The largest absolute Gasteiger partial charge is 0.472 e. The maximum Gasteiger partial charge on any atom is 0.472 e. The van der Waals surface area contributed by atoms with E-state index in [1.54, 1.807) is 0 Å². The standard InChI is InChI=1S/C56H108O17P2/c1-5-9-13-17-20-23-24-25-28-31-35-39-43-56(61)72-51(46-66-53(58)40-36-32-16-12-8-4)48-70-74(62,63)68-44-50(57)45-69-75(64,65)71-49-52(73-55(60)42-38-34-30-27-22-19-15-11-7-3)47-67-54(59)41-37-33-29-26-21-18-14-10-6-2/h50-52,57H,5-49H2,1-4H3,(H,62,63)(H,64,65)/t50-,51-,52-/m1/s1. The second-order valence-electron chi connectivity index (χ2n) is 20.3. The van der Waals surface area contributed by atoms with Crippen molar-refractivity contribution in [1.82, 2.24) is 0 Å². The Bertz CT molecular complexity index is 1470. The first kappa shape index (κ1) is 73.1. The fourth-order valence-electron chi connectivity index (χ4n) is 8.22. The smallest absolute Gasteiger partial charge is 0.462 e. The maximum absolute atomic E-state index is 12.9. The highest BCUT2D eigenvalue weighted by Crippen LogP contribution is 2.45. The predicted molar refractivity (Wildman–Crippen MR) is 294 cm³/mol. The molecule has 3 N–H and O–H groups in total. The summed E-state index contributed by atoms with van der Waals surface area (Å²) in [5, 5.41) is 10.5. The lowest BCUT2D eigenvalue weighted by Crippen LogP contribution is -2.30. The van der Waals surface area contributed by atoms with Crippen LogP contribution in [0.1, 0.15) is 278 Å². The van der Waals surface area contributed by atoms with E-state index >= 15 is 0 Å². The van der Waals surface area contributed by atoms with Crippen molar-refractivity contribution in [3.63, 3.8) is 0 Å². The van der Waals surface area contributed by atoms with E-state index in [9.17, 15) is 43.2 Å². The highest BCUT2D eigenvalue weighted by atomic mass is 31.2. The Labute approximate surface area is 454 Å². The van der Waals surface area contributed by atoms with E-state index in [0.717, 1.165) is 96.3 Å². The molecular formula is C56H108O17P2. The SMILES string of the molecule is CCCCCCCCCCCCCCC(=O)O[C@H](COC(=O)CCCCCCC)COP(=O)(O)OC[C@@H](O)COP(=O)(O)OC[C@@H](COC(=O)CCCCCCCCCCC)OC(=O)CCCCCCCCCCC. The molecule has 5 atom stereocenters. The van der Waals surface area contributed by atoms with Crippen LogP contribution in [0.5, 0.6) is 0 Å². The van der Waals surface area contributed by atoms with Gasteiger partial charge in [-0.05, 0) is 25.7 Å². The molecule has 17 nitrogen and oxygen atoms in total. The van der Waals surface area contributed by atoms with Crippen LogP contribution in [0.15, 0.2) is 0 Å². The van der Waals surface area contributed by atoms with Crippen LogP contribution in [0, 0.1) is 0 Å². The molecule has 0 saturated carbocycles. The van der Waals surface area contributed by atoms with Crippen LogP contribution in [0.4, 0.5) is 0 Å². The summed E-state index contributed by atoms with van der Waals surface area (Å²) >= 11 is 0. The van der Waals surface area contributed by atoms with Crippen LogP contribution in [0.3, 0.4) is 0 Å². The van der Waals surface area contributed by atoms with Gasteiger partial charge in [0.05, 0.1) is 26.4 Å². The fourth-order valence-corrected chi connectivity index (χ4v) is 9.80. The quantitative estimate of drug-likeness (QED) is 0.0222. The Kier molecular flexibility index (Phi) is 50.2. The molecule has 0 heterocycles. The maximum atomic E-state index is 12.9. The number of rotatable bonds is 57. The summed E-state index contributed by atoms with van der Waals surface area (Å²) in [5.41, 5.74) is 0. The molecule has 0 bridgehead atoms. The van der Waals surface area contributed by atoms with Crippen molar-refractivity contribution >= 4 is 39.5 Å². The van der Waals surface area contributed by atoms with Gasteiger partial charge in [0.25, 0.3) is 0 Å². The van der Waals surface area contributed by atoms with Crippen molar-refractivity contribution in [2.45, 2.75) is 296 Å². The molecule has 0 aromatic heterocycles. The van der Waals surface area contributed by atoms with Crippen LogP contribution in [0.2, 0.25) is 0 Å². The molecule has 0 spiro atoms. The van der Waals surface area contributed by atoms with Gasteiger partial charge in [0.2, 0.25) is 0 Å². The Morgan fingerprint density at radius 1 is 0.320 bits per heavy atom. The Morgan fingerprint density at radius 3 is 0.787 bits per heavy atom. The van der Waals surface area contributed by atoms with Crippen molar-refractivity contribution < 1.29 is 80.2 Å². The average Bonchev–Trinajstić information content (AvgIpc) is 3.38. The number of phosphoric ester groups is 2. The molecule has 0 aliphatic carbocycles. The summed E-state index contributed by atoms with van der Waals surface area (Å²) in [6.45, 7) is 4.72. The van der Waals surface area contributed by atoms with Crippen LogP contribution in [0.25, 0.3) is 0 Å². The third kappa shape index (κ3) is 51.3. The van der Waals surface area contributed by atoms with Gasteiger partial charge in [-0.15, -0.1) is 0 Å². The number of unbranched alkanes of at least 4 members (excludes halogenated alkanes) is 31. The summed E-state index contributed by atoms with van der Waals surface area (Å²) in [4.78, 5) is 71.5. The zero-order chi connectivity index (χ0) is 55.5. The summed E-state index contributed by atoms with van der Waals surface area (Å²) in [6.07, 6.45) is 33.7. The minimum atomic E-state index is -4.93. The van der Waals surface area contributed by atoms with E-state index in [1.807, 2.05) is 0 Å². The van der Waals surface area contributed by atoms with Gasteiger partial charge < -0.3 is 33.8 Å². The van der Waals surface area contributed by atoms with Gasteiger partial charge in [0.15, 0.2) is 12.2 Å². The first-order valence-corrected chi connectivity index (χ1v) is 32.8. The zero-order valence-corrected chi connectivity index (χ0v) is 49.3. The first-order chi connectivity index (χ1) is 36.2. The lowest BCUT2D eigenvalue weighted by atomic mass is 10.0.